The zero-order valence-electron chi connectivity index (χ0n) is 10.3. The molecule has 1 amide bonds. The minimum absolute atomic E-state index is 0.00788. The second-order valence-corrected chi connectivity index (χ2v) is 4.97. The van der Waals surface area contributed by atoms with Gasteiger partial charge in [0.1, 0.15) is 0 Å². The Morgan fingerprint density at radius 1 is 1.61 bits per heavy atom. The summed E-state index contributed by atoms with van der Waals surface area (Å²) >= 11 is 2.13. The smallest absolute Gasteiger partial charge is 0.252 e. The van der Waals surface area contributed by atoms with Gasteiger partial charge in [-0.05, 0) is 47.6 Å². The summed E-state index contributed by atoms with van der Waals surface area (Å²) in [7, 11) is 0. The normalized spacial score (nSPS) is 13.2. The fourth-order valence-electron chi connectivity index (χ4n) is 1.51. The first kappa shape index (κ1) is 14.7. The van der Waals surface area contributed by atoms with Crippen LogP contribution >= 0.6 is 22.6 Å². The van der Waals surface area contributed by atoms with Gasteiger partial charge in [0, 0.05) is 3.57 Å². The summed E-state index contributed by atoms with van der Waals surface area (Å²) in [5.74, 6) is -0.213. The monoisotopic (exact) mass is 361 g/mol. The van der Waals surface area contributed by atoms with E-state index in [0.717, 1.165) is 9.13 Å². The summed E-state index contributed by atoms with van der Waals surface area (Å²) in [5, 5.41) is 14.3. The largest absolute Gasteiger partial charge is 0.409 e. The van der Waals surface area contributed by atoms with E-state index < -0.39 is 6.04 Å². The van der Waals surface area contributed by atoms with Crippen LogP contribution in [0.15, 0.2) is 23.4 Å². The molecule has 1 aromatic rings. The summed E-state index contributed by atoms with van der Waals surface area (Å²) in [5.41, 5.74) is 7.14. The van der Waals surface area contributed by atoms with E-state index in [1.54, 1.807) is 6.07 Å². The highest BCUT2D eigenvalue weighted by Crippen LogP contribution is 2.16. The molecule has 1 aromatic carbocycles. The number of nitrogens with two attached hydrogens (primary N) is 1. The third kappa shape index (κ3) is 3.34. The lowest BCUT2D eigenvalue weighted by atomic mass is 10.1. The molecule has 4 N–H and O–H groups in total. The maximum atomic E-state index is 12.1. The Hall–Kier alpha value is -1.31. The fraction of sp³-hybridized carbons (Fsp3) is 0.333. The molecule has 1 rings (SSSR count). The fourth-order valence-corrected chi connectivity index (χ4v) is 2.12. The van der Waals surface area contributed by atoms with Crippen LogP contribution < -0.4 is 11.1 Å². The van der Waals surface area contributed by atoms with Crippen molar-refractivity contribution in [3.05, 3.63) is 32.9 Å². The SMILES string of the molecule is CCC(NC(=O)c1cccc(C)c1I)/C(N)=N/O. The topological polar surface area (TPSA) is 87.7 Å². The maximum Gasteiger partial charge on any atom is 0.252 e. The van der Waals surface area contributed by atoms with E-state index in [9.17, 15) is 4.79 Å². The average Bonchev–Trinajstić information content (AvgIpc) is 2.37. The number of rotatable bonds is 4. The Morgan fingerprint density at radius 2 is 2.28 bits per heavy atom. The van der Waals surface area contributed by atoms with E-state index in [2.05, 4.69) is 33.1 Å². The van der Waals surface area contributed by atoms with E-state index in [0.29, 0.717) is 12.0 Å². The predicted octanol–water partition coefficient (Wildman–Crippen LogP) is 1.85. The molecule has 0 heterocycles. The van der Waals surface area contributed by atoms with E-state index in [4.69, 9.17) is 10.9 Å². The second kappa shape index (κ2) is 6.58. The number of nitrogens with zero attached hydrogens (tertiary/aromatic N) is 1. The highest BCUT2D eigenvalue weighted by molar-refractivity contribution is 14.1. The molecule has 0 saturated carbocycles. The van der Waals surface area contributed by atoms with Crippen molar-refractivity contribution >= 4 is 34.3 Å². The third-order valence-corrected chi connectivity index (χ3v) is 4.05. The Labute approximate surface area is 120 Å². The molecule has 5 nitrogen and oxygen atoms in total. The van der Waals surface area contributed by atoms with E-state index in [1.165, 1.54) is 0 Å². The number of hydrogen-bond acceptors (Lipinski definition) is 3. The molecule has 1 unspecified atom stereocenters. The second-order valence-electron chi connectivity index (χ2n) is 3.90. The summed E-state index contributed by atoms with van der Waals surface area (Å²) in [6, 6.07) is 5.07. The molecular weight excluding hydrogens is 345 g/mol. The predicted molar refractivity (Wildman–Crippen MR) is 78.9 cm³/mol. The number of benzene rings is 1. The van der Waals surface area contributed by atoms with Crippen LogP contribution in [0, 0.1) is 10.5 Å². The van der Waals surface area contributed by atoms with Crippen molar-refractivity contribution in [2.24, 2.45) is 10.9 Å². The van der Waals surface area contributed by atoms with E-state index in [-0.39, 0.29) is 11.7 Å². The van der Waals surface area contributed by atoms with Gasteiger partial charge < -0.3 is 16.3 Å². The van der Waals surface area contributed by atoms with Crippen molar-refractivity contribution in [3.8, 4) is 0 Å². The number of hydrogen-bond donors (Lipinski definition) is 3. The minimum Gasteiger partial charge on any atom is -0.409 e. The van der Waals surface area contributed by atoms with Gasteiger partial charge in [0.05, 0.1) is 11.6 Å². The van der Waals surface area contributed by atoms with Crippen LogP contribution in [0.5, 0.6) is 0 Å². The van der Waals surface area contributed by atoms with Crippen LogP contribution in [0.25, 0.3) is 0 Å². The molecule has 0 bridgehead atoms. The molecule has 98 valence electrons. The number of halogens is 1. The van der Waals surface area contributed by atoms with Gasteiger partial charge in [0.2, 0.25) is 0 Å². The van der Waals surface area contributed by atoms with Crippen LogP contribution in [-0.4, -0.2) is 23.0 Å². The molecule has 0 fully saturated rings. The highest BCUT2D eigenvalue weighted by atomic mass is 127. The van der Waals surface area contributed by atoms with Gasteiger partial charge in [-0.3, -0.25) is 4.79 Å². The average molecular weight is 361 g/mol. The number of amidine groups is 1. The zero-order chi connectivity index (χ0) is 13.7. The molecule has 18 heavy (non-hydrogen) atoms. The quantitative estimate of drug-likeness (QED) is 0.252. The molecule has 1 atom stereocenters. The van der Waals surface area contributed by atoms with E-state index in [1.807, 2.05) is 26.0 Å². The van der Waals surface area contributed by atoms with Crippen LogP contribution in [0.4, 0.5) is 0 Å². The number of amides is 1. The Morgan fingerprint density at radius 3 is 2.83 bits per heavy atom. The van der Waals surface area contributed by atoms with Crippen molar-refractivity contribution in [1.82, 2.24) is 5.32 Å². The van der Waals surface area contributed by atoms with Gasteiger partial charge >= 0.3 is 0 Å². The Kier molecular flexibility index (Phi) is 5.39. The molecule has 0 spiro atoms. The molecule has 0 saturated heterocycles. The minimum atomic E-state index is -0.459. The lowest BCUT2D eigenvalue weighted by molar-refractivity contribution is 0.0944. The molecular formula is C12H16IN3O2. The van der Waals surface area contributed by atoms with Gasteiger partial charge in [-0.25, -0.2) is 0 Å². The van der Waals surface area contributed by atoms with Crippen molar-refractivity contribution in [2.45, 2.75) is 26.3 Å². The van der Waals surface area contributed by atoms with Crippen LogP contribution in [-0.2, 0) is 0 Å². The lowest BCUT2D eigenvalue weighted by Crippen LogP contribution is -2.44. The molecule has 0 aliphatic carbocycles. The van der Waals surface area contributed by atoms with Gasteiger partial charge in [-0.15, -0.1) is 0 Å². The molecule has 0 radical (unpaired) electrons. The zero-order valence-corrected chi connectivity index (χ0v) is 12.4. The number of nitrogens with one attached hydrogen (secondary N) is 1. The molecule has 0 aliphatic heterocycles. The standard InChI is InChI=1S/C12H16IN3O2/c1-3-9(11(14)16-18)15-12(17)8-6-4-5-7(2)10(8)13/h4-6,9,18H,3H2,1-2H3,(H2,14,16)(H,15,17). The summed E-state index contributed by atoms with van der Waals surface area (Å²) in [4.78, 5) is 12.1. The number of carbonyl (C=O) groups excluding carboxylic acids is 1. The van der Waals surface area contributed by atoms with Crippen LogP contribution in [0.2, 0.25) is 0 Å². The molecule has 0 aromatic heterocycles. The Balaban J connectivity index is 2.91. The van der Waals surface area contributed by atoms with E-state index >= 15 is 0 Å². The summed E-state index contributed by atoms with van der Waals surface area (Å²) < 4.78 is 0.905. The van der Waals surface area contributed by atoms with Crippen molar-refractivity contribution in [1.29, 1.82) is 0 Å². The first-order valence-electron chi connectivity index (χ1n) is 5.54. The maximum absolute atomic E-state index is 12.1. The number of carbonyl (C=O) groups is 1. The Bertz CT molecular complexity index is 474. The lowest BCUT2D eigenvalue weighted by Gasteiger charge is -2.16. The number of aryl methyl sites for hydroxylation is 1. The van der Waals surface area contributed by atoms with Gasteiger partial charge in [-0.1, -0.05) is 24.2 Å². The third-order valence-electron chi connectivity index (χ3n) is 2.62. The van der Waals surface area contributed by atoms with Gasteiger partial charge in [0.15, 0.2) is 5.84 Å². The number of oxime groups is 1. The summed E-state index contributed by atoms with van der Waals surface area (Å²) in [6.45, 7) is 3.80. The van der Waals surface area contributed by atoms with Gasteiger partial charge in [-0.2, -0.15) is 0 Å². The molecule has 0 aliphatic rings. The molecule has 6 heteroatoms. The first-order valence-corrected chi connectivity index (χ1v) is 6.62. The van der Waals surface area contributed by atoms with Gasteiger partial charge in [0.25, 0.3) is 5.91 Å². The summed E-state index contributed by atoms with van der Waals surface area (Å²) in [6.07, 6.45) is 0.560. The van der Waals surface area contributed by atoms with Crippen molar-refractivity contribution < 1.29 is 10.0 Å². The highest BCUT2D eigenvalue weighted by Gasteiger charge is 2.18. The van der Waals surface area contributed by atoms with Crippen molar-refractivity contribution in [3.63, 3.8) is 0 Å². The van der Waals surface area contributed by atoms with Crippen molar-refractivity contribution in [2.75, 3.05) is 0 Å². The van der Waals surface area contributed by atoms with Crippen LogP contribution in [0.3, 0.4) is 0 Å². The first-order chi connectivity index (χ1) is 8.51. The van der Waals surface area contributed by atoms with Crippen LogP contribution in [0.1, 0.15) is 29.3 Å².